The lowest BCUT2D eigenvalue weighted by Crippen LogP contribution is -2.23. The van der Waals surface area contributed by atoms with Gasteiger partial charge in [-0.2, -0.15) is 0 Å². The fourth-order valence-electron chi connectivity index (χ4n) is 2.53. The molecule has 2 aromatic carbocycles. The van der Waals surface area contributed by atoms with Gasteiger partial charge in [0.2, 0.25) is 5.91 Å². The van der Waals surface area contributed by atoms with Gasteiger partial charge in [0.1, 0.15) is 5.82 Å². The van der Waals surface area contributed by atoms with Crippen molar-refractivity contribution in [3.63, 3.8) is 0 Å². The second-order valence-electron chi connectivity index (χ2n) is 5.64. The summed E-state index contributed by atoms with van der Waals surface area (Å²) < 4.78 is 19.6. The van der Waals surface area contributed by atoms with Crippen LogP contribution in [-0.2, 0) is 24.8 Å². The molecule has 1 N–H and O–H groups in total. The van der Waals surface area contributed by atoms with Crippen LogP contribution in [-0.4, -0.2) is 10.5 Å². The number of fused-ring (bicyclic) bond motifs is 1. The largest absolute Gasteiger partial charge is 0.419 e. The van der Waals surface area contributed by atoms with Crippen LogP contribution in [0.2, 0.25) is 0 Å². The molecule has 0 saturated carbocycles. The first-order valence-electron chi connectivity index (χ1n) is 7.62. The number of benzene rings is 2. The molecule has 3 rings (SSSR count). The fraction of sp³-hybridized carbons (Fsp3) is 0.222. The van der Waals surface area contributed by atoms with Gasteiger partial charge in [0.15, 0.2) is 5.58 Å². The van der Waals surface area contributed by atoms with E-state index in [1.165, 1.54) is 16.7 Å². The van der Waals surface area contributed by atoms with Gasteiger partial charge in [-0.15, -0.1) is 0 Å². The molecule has 0 fully saturated rings. The number of aromatic nitrogens is 1. The van der Waals surface area contributed by atoms with Gasteiger partial charge in [0.25, 0.3) is 0 Å². The Labute approximate surface area is 137 Å². The molecule has 0 aliphatic heterocycles. The minimum atomic E-state index is -0.415. The van der Waals surface area contributed by atoms with Crippen molar-refractivity contribution in [3.05, 3.63) is 70.0 Å². The Morgan fingerprint density at radius 2 is 2.04 bits per heavy atom. The summed E-state index contributed by atoms with van der Waals surface area (Å²) in [7, 11) is 1.64. The molecule has 0 aliphatic carbocycles. The zero-order valence-corrected chi connectivity index (χ0v) is 13.2. The van der Waals surface area contributed by atoms with Crippen LogP contribution < -0.4 is 11.1 Å². The number of carbonyl (C=O) groups excluding carboxylic acids is 1. The minimum absolute atomic E-state index is 0.117. The summed E-state index contributed by atoms with van der Waals surface area (Å²) >= 11 is 0. The van der Waals surface area contributed by atoms with E-state index in [1.807, 2.05) is 6.07 Å². The summed E-state index contributed by atoms with van der Waals surface area (Å²) in [4.78, 5) is 23.4. The lowest BCUT2D eigenvalue weighted by Gasteiger charge is -2.06. The maximum atomic E-state index is 13.1. The number of nitrogens with zero attached hydrogens (tertiary/aromatic N) is 1. The van der Waals surface area contributed by atoms with E-state index in [0.717, 1.165) is 11.1 Å². The highest BCUT2D eigenvalue weighted by atomic mass is 19.1. The molecule has 0 spiro atoms. The molecule has 0 radical (unpaired) electrons. The standard InChI is InChI=1S/C18H17FN2O3/c1-21-15-7-5-13(10-16(15)24-18(21)23)11-20-17(22)8-6-12-3-2-4-14(19)9-12/h2-5,7,9-10H,6,8,11H2,1H3,(H,20,22). The van der Waals surface area contributed by atoms with Crippen molar-refractivity contribution in [1.82, 2.24) is 9.88 Å². The number of oxazole rings is 1. The lowest BCUT2D eigenvalue weighted by molar-refractivity contribution is -0.121. The number of rotatable bonds is 5. The molecule has 1 amide bonds. The summed E-state index contributed by atoms with van der Waals surface area (Å²) in [5, 5.41) is 2.81. The van der Waals surface area contributed by atoms with Crippen LogP contribution in [0.25, 0.3) is 11.1 Å². The third kappa shape index (κ3) is 3.53. The quantitative estimate of drug-likeness (QED) is 0.783. The van der Waals surface area contributed by atoms with E-state index in [1.54, 1.807) is 31.3 Å². The number of hydrogen-bond acceptors (Lipinski definition) is 3. The van der Waals surface area contributed by atoms with Gasteiger partial charge in [-0.25, -0.2) is 9.18 Å². The van der Waals surface area contributed by atoms with E-state index < -0.39 is 5.76 Å². The number of carbonyl (C=O) groups is 1. The first-order valence-corrected chi connectivity index (χ1v) is 7.62. The van der Waals surface area contributed by atoms with Gasteiger partial charge in [0, 0.05) is 20.0 Å². The summed E-state index contributed by atoms with van der Waals surface area (Å²) in [6.07, 6.45) is 0.766. The van der Waals surface area contributed by atoms with Crippen molar-refractivity contribution in [2.45, 2.75) is 19.4 Å². The van der Waals surface area contributed by atoms with E-state index in [-0.39, 0.29) is 18.1 Å². The summed E-state index contributed by atoms with van der Waals surface area (Å²) in [6.45, 7) is 0.344. The van der Waals surface area contributed by atoms with Gasteiger partial charge in [-0.3, -0.25) is 9.36 Å². The van der Waals surface area contributed by atoms with E-state index in [9.17, 15) is 14.0 Å². The Morgan fingerprint density at radius 3 is 2.83 bits per heavy atom. The first kappa shape index (κ1) is 16.0. The Balaban J connectivity index is 1.57. The zero-order valence-electron chi connectivity index (χ0n) is 13.2. The molecule has 5 nitrogen and oxygen atoms in total. The Bertz CT molecular complexity index is 943. The molecular formula is C18H17FN2O3. The Hall–Kier alpha value is -2.89. The molecule has 1 aromatic heterocycles. The van der Waals surface area contributed by atoms with Crippen LogP contribution in [0.1, 0.15) is 17.5 Å². The van der Waals surface area contributed by atoms with E-state index in [4.69, 9.17) is 4.42 Å². The van der Waals surface area contributed by atoms with Crippen molar-refractivity contribution >= 4 is 17.0 Å². The van der Waals surface area contributed by atoms with Gasteiger partial charge in [-0.1, -0.05) is 18.2 Å². The molecular weight excluding hydrogens is 311 g/mol. The average Bonchev–Trinajstić information content (AvgIpc) is 2.85. The van der Waals surface area contributed by atoms with Gasteiger partial charge in [0.05, 0.1) is 5.52 Å². The topological polar surface area (TPSA) is 64.2 Å². The predicted molar refractivity (Wildman–Crippen MR) is 88.0 cm³/mol. The summed E-state index contributed by atoms with van der Waals surface area (Å²) in [6, 6.07) is 11.6. The Morgan fingerprint density at radius 1 is 1.21 bits per heavy atom. The van der Waals surface area contributed by atoms with Gasteiger partial charge >= 0.3 is 5.76 Å². The maximum Gasteiger partial charge on any atom is 0.419 e. The highest BCUT2D eigenvalue weighted by molar-refractivity contribution is 5.77. The molecule has 0 bridgehead atoms. The molecule has 24 heavy (non-hydrogen) atoms. The normalized spacial score (nSPS) is 10.9. The van der Waals surface area contributed by atoms with Crippen molar-refractivity contribution < 1.29 is 13.6 Å². The lowest BCUT2D eigenvalue weighted by atomic mass is 10.1. The van der Waals surface area contributed by atoms with Crippen molar-refractivity contribution in [1.29, 1.82) is 0 Å². The number of hydrogen-bond donors (Lipinski definition) is 1. The van der Waals surface area contributed by atoms with Crippen LogP contribution in [0, 0.1) is 5.82 Å². The van der Waals surface area contributed by atoms with Gasteiger partial charge < -0.3 is 9.73 Å². The number of amides is 1. The molecule has 6 heteroatoms. The molecule has 0 atom stereocenters. The minimum Gasteiger partial charge on any atom is -0.408 e. The first-order chi connectivity index (χ1) is 11.5. The van der Waals surface area contributed by atoms with Crippen LogP contribution in [0.5, 0.6) is 0 Å². The summed E-state index contributed by atoms with van der Waals surface area (Å²) in [5.41, 5.74) is 2.84. The third-order valence-corrected chi connectivity index (χ3v) is 3.88. The SMILES string of the molecule is Cn1c(=O)oc2cc(CNC(=O)CCc3cccc(F)c3)ccc21. The van der Waals surface area contributed by atoms with Crippen LogP contribution in [0.3, 0.4) is 0 Å². The van der Waals surface area contributed by atoms with E-state index >= 15 is 0 Å². The monoisotopic (exact) mass is 328 g/mol. The number of halogens is 1. The number of aryl methyl sites for hydroxylation is 2. The van der Waals surface area contributed by atoms with Crippen LogP contribution in [0.4, 0.5) is 4.39 Å². The van der Waals surface area contributed by atoms with Crippen LogP contribution in [0.15, 0.2) is 51.7 Å². The molecule has 3 aromatic rings. The average molecular weight is 328 g/mol. The van der Waals surface area contributed by atoms with Gasteiger partial charge in [-0.05, 0) is 41.8 Å². The molecule has 124 valence electrons. The maximum absolute atomic E-state index is 13.1. The van der Waals surface area contributed by atoms with Crippen molar-refractivity contribution in [3.8, 4) is 0 Å². The molecule has 1 heterocycles. The second-order valence-corrected chi connectivity index (χ2v) is 5.64. The van der Waals surface area contributed by atoms with Crippen molar-refractivity contribution in [2.75, 3.05) is 0 Å². The Kier molecular flexibility index (Phi) is 4.46. The zero-order chi connectivity index (χ0) is 17.1. The van der Waals surface area contributed by atoms with Crippen molar-refractivity contribution in [2.24, 2.45) is 7.05 Å². The number of nitrogens with one attached hydrogen (secondary N) is 1. The van der Waals surface area contributed by atoms with Crippen LogP contribution >= 0.6 is 0 Å². The summed E-state index contributed by atoms with van der Waals surface area (Å²) in [5.74, 6) is -0.833. The fourth-order valence-corrected chi connectivity index (χ4v) is 2.53. The molecule has 0 unspecified atom stereocenters. The van der Waals surface area contributed by atoms with E-state index in [2.05, 4.69) is 5.32 Å². The highest BCUT2D eigenvalue weighted by Crippen LogP contribution is 2.14. The third-order valence-electron chi connectivity index (χ3n) is 3.88. The highest BCUT2D eigenvalue weighted by Gasteiger charge is 2.08. The second kappa shape index (κ2) is 6.70. The predicted octanol–water partition coefficient (Wildman–Crippen LogP) is 2.52. The molecule has 0 aliphatic rings. The molecule has 0 saturated heterocycles. The van der Waals surface area contributed by atoms with E-state index in [0.29, 0.717) is 24.1 Å². The smallest absolute Gasteiger partial charge is 0.408 e.